The zero-order valence-corrected chi connectivity index (χ0v) is 20.0. The molecular formula is C18H17Br2Cl2N5O. The van der Waals surface area contributed by atoms with Gasteiger partial charge in [-0.2, -0.15) is 10.2 Å². The normalized spacial score (nSPS) is 12.2. The van der Waals surface area contributed by atoms with E-state index >= 15 is 0 Å². The summed E-state index contributed by atoms with van der Waals surface area (Å²) in [7, 11) is 0. The summed E-state index contributed by atoms with van der Waals surface area (Å²) in [5.41, 5.74) is 2.60. The van der Waals surface area contributed by atoms with Crippen LogP contribution < -0.4 is 5.32 Å². The predicted molar refractivity (Wildman–Crippen MR) is 118 cm³/mol. The largest absolute Gasteiger partial charge is 0.306 e. The Hall–Kier alpha value is -1.35. The van der Waals surface area contributed by atoms with Gasteiger partial charge in [-0.3, -0.25) is 14.2 Å². The minimum atomic E-state index is -0.493. The van der Waals surface area contributed by atoms with Gasteiger partial charge in [-0.25, -0.2) is 0 Å². The third kappa shape index (κ3) is 4.45. The topological polar surface area (TPSA) is 64.7 Å². The summed E-state index contributed by atoms with van der Waals surface area (Å²) in [6.07, 6.45) is 1.78. The highest BCUT2D eigenvalue weighted by Crippen LogP contribution is 2.26. The minimum absolute atomic E-state index is 0.214. The van der Waals surface area contributed by atoms with E-state index in [0.717, 1.165) is 21.4 Å². The Kier molecular flexibility index (Phi) is 6.54. The number of benzene rings is 1. The van der Waals surface area contributed by atoms with Gasteiger partial charge in [0.1, 0.15) is 6.04 Å². The lowest BCUT2D eigenvalue weighted by Crippen LogP contribution is -2.25. The van der Waals surface area contributed by atoms with E-state index in [1.54, 1.807) is 34.6 Å². The quantitative estimate of drug-likeness (QED) is 0.439. The van der Waals surface area contributed by atoms with E-state index in [0.29, 0.717) is 26.9 Å². The van der Waals surface area contributed by atoms with E-state index in [9.17, 15) is 4.79 Å². The van der Waals surface area contributed by atoms with Gasteiger partial charge in [0.15, 0.2) is 5.82 Å². The van der Waals surface area contributed by atoms with Crippen LogP contribution in [-0.2, 0) is 11.3 Å². The summed E-state index contributed by atoms with van der Waals surface area (Å²) in [6.45, 7) is 6.04. The van der Waals surface area contributed by atoms with E-state index in [-0.39, 0.29) is 5.91 Å². The van der Waals surface area contributed by atoms with Gasteiger partial charge >= 0.3 is 0 Å². The average Bonchev–Trinajstić information content (AvgIpc) is 3.10. The average molecular weight is 550 g/mol. The van der Waals surface area contributed by atoms with Crippen molar-refractivity contribution in [1.82, 2.24) is 19.6 Å². The van der Waals surface area contributed by atoms with Gasteiger partial charge in [-0.05, 0) is 70.3 Å². The van der Waals surface area contributed by atoms with Crippen LogP contribution in [0.25, 0.3) is 0 Å². The van der Waals surface area contributed by atoms with Crippen molar-refractivity contribution < 1.29 is 4.79 Å². The van der Waals surface area contributed by atoms with Crippen LogP contribution in [0.1, 0.15) is 29.9 Å². The van der Waals surface area contributed by atoms with Gasteiger partial charge in [0.25, 0.3) is 0 Å². The molecule has 0 saturated carbocycles. The van der Waals surface area contributed by atoms with Gasteiger partial charge in [-0.15, -0.1) is 0 Å². The van der Waals surface area contributed by atoms with Crippen molar-refractivity contribution in [3.05, 3.63) is 60.3 Å². The monoisotopic (exact) mass is 547 g/mol. The van der Waals surface area contributed by atoms with E-state index in [1.165, 1.54) is 0 Å². The minimum Gasteiger partial charge on any atom is -0.306 e. The van der Waals surface area contributed by atoms with Crippen molar-refractivity contribution in [1.29, 1.82) is 0 Å². The van der Waals surface area contributed by atoms with Crippen LogP contribution in [0.4, 0.5) is 5.82 Å². The molecule has 2 aromatic heterocycles. The second-order valence-corrected chi connectivity index (χ2v) is 8.84. The molecule has 0 radical (unpaired) electrons. The van der Waals surface area contributed by atoms with Crippen molar-refractivity contribution in [2.45, 2.75) is 33.4 Å². The maximum Gasteiger partial charge on any atom is 0.250 e. The first-order valence-corrected chi connectivity index (χ1v) is 10.7. The van der Waals surface area contributed by atoms with Crippen LogP contribution in [0.5, 0.6) is 0 Å². The van der Waals surface area contributed by atoms with Gasteiger partial charge in [0.2, 0.25) is 5.91 Å². The Morgan fingerprint density at radius 1 is 1.25 bits per heavy atom. The molecule has 6 nitrogen and oxygen atoms in total. The highest BCUT2D eigenvalue weighted by molar-refractivity contribution is 9.11. The number of carbonyl (C=O) groups excluding carboxylic acids is 1. The Bertz CT molecular complexity index is 1050. The highest BCUT2D eigenvalue weighted by Gasteiger charge is 2.22. The number of anilines is 1. The second kappa shape index (κ2) is 8.57. The SMILES string of the molecule is Cc1nn(C(C)C(=O)Nc2nn(Cc3ccc(Cl)cc3Cl)cc2Br)c(C)c1Br. The van der Waals surface area contributed by atoms with Crippen molar-refractivity contribution in [2.24, 2.45) is 0 Å². The van der Waals surface area contributed by atoms with Crippen molar-refractivity contribution in [3.63, 3.8) is 0 Å². The molecule has 0 fully saturated rings. The second-order valence-electron chi connectivity index (χ2n) is 6.35. The molecule has 148 valence electrons. The van der Waals surface area contributed by atoms with Crippen LogP contribution in [0.2, 0.25) is 10.0 Å². The summed E-state index contributed by atoms with van der Waals surface area (Å²) < 4.78 is 4.96. The van der Waals surface area contributed by atoms with Gasteiger partial charge in [0, 0.05) is 16.2 Å². The Morgan fingerprint density at radius 3 is 2.57 bits per heavy atom. The number of nitrogens with one attached hydrogen (secondary N) is 1. The summed E-state index contributed by atoms with van der Waals surface area (Å²) in [6, 6.07) is 4.82. The molecule has 0 aliphatic rings. The first kappa shape index (κ1) is 21.4. The third-order valence-corrected chi connectivity index (χ3v) is 6.60. The predicted octanol–water partition coefficient (Wildman–Crippen LogP) is 5.78. The number of nitrogens with zero attached hydrogens (tertiary/aromatic N) is 4. The summed E-state index contributed by atoms with van der Waals surface area (Å²) in [5.74, 6) is 0.219. The van der Waals surface area contributed by atoms with Crippen LogP contribution in [0.15, 0.2) is 33.3 Å². The number of halogens is 4. The lowest BCUT2D eigenvalue weighted by Gasteiger charge is -2.13. The lowest BCUT2D eigenvalue weighted by molar-refractivity contribution is -0.119. The fraction of sp³-hybridized carbons (Fsp3) is 0.278. The Morgan fingerprint density at radius 2 is 1.96 bits per heavy atom. The molecule has 1 amide bonds. The number of rotatable bonds is 5. The maximum absolute atomic E-state index is 12.7. The molecule has 3 aromatic rings. The van der Waals surface area contributed by atoms with Crippen LogP contribution in [-0.4, -0.2) is 25.5 Å². The van der Waals surface area contributed by atoms with Crippen LogP contribution in [0.3, 0.4) is 0 Å². The molecule has 0 aliphatic heterocycles. The van der Waals surface area contributed by atoms with Crippen molar-refractivity contribution in [3.8, 4) is 0 Å². The number of amides is 1. The Labute approximate surface area is 189 Å². The van der Waals surface area contributed by atoms with E-state index in [2.05, 4.69) is 47.4 Å². The van der Waals surface area contributed by atoms with Gasteiger partial charge in [-0.1, -0.05) is 29.3 Å². The number of hydrogen-bond acceptors (Lipinski definition) is 3. The van der Waals surface area contributed by atoms with Gasteiger partial charge in [0.05, 0.1) is 26.9 Å². The molecule has 0 spiro atoms. The summed E-state index contributed by atoms with van der Waals surface area (Å²) in [4.78, 5) is 12.7. The zero-order valence-electron chi connectivity index (χ0n) is 15.3. The van der Waals surface area contributed by atoms with E-state index in [4.69, 9.17) is 23.2 Å². The first-order valence-electron chi connectivity index (χ1n) is 8.36. The standard InChI is InChI=1S/C18H17Br2Cl2N5O/c1-9-16(20)10(2)27(24-9)11(3)18(28)23-17-14(19)8-26(25-17)7-12-4-5-13(21)6-15(12)22/h4-6,8,11H,7H2,1-3H3,(H,23,25,28). The lowest BCUT2D eigenvalue weighted by atomic mass is 10.2. The van der Waals surface area contributed by atoms with Gasteiger partial charge < -0.3 is 5.32 Å². The molecule has 10 heteroatoms. The molecule has 1 atom stereocenters. The molecule has 3 rings (SSSR count). The van der Waals surface area contributed by atoms with Crippen LogP contribution in [0, 0.1) is 13.8 Å². The first-order chi connectivity index (χ1) is 13.2. The number of aromatic nitrogens is 4. The fourth-order valence-electron chi connectivity index (χ4n) is 2.74. The molecule has 1 aromatic carbocycles. The highest BCUT2D eigenvalue weighted by atomic mass is 79.9. The molecule has 2 heterocycles. The van der Waals surface area contributed by atoms with E-state index in [1.807, 2.05) is 19.9 Å². The third-order valence-electron chi connectivity index (χ3n) is 4.29. The summed E-state index contributed by atoms with van der Waals surface area (Å²) >= 11 is 19.1. The van der Waals surface area contributed by atoms with Crippen molar-refractivity contribution in [2.75, 3.05) is 5.32 Å². The zero-order chi connectivity index (χ0) is 20.6. The van der Waals surface area contributed by atoms with Crippen molar-refractivity contribution >= 4 is 66.8 Å². The maximum atomic E-state index is 12.7. The molecule has 0 bridgehead atoms. The number of hydrogen-bond donors (Lipinski definition) is 1. The molecular weight excluding hydrogens is 533 g/mol. The molecule has 0 aliphatic carbocycles. The molecule has 1 N–H and O–H groups in total. The van der Waals surface area contributed by atoms with Crippen LogP contribution >= 0.6 is 55.1 Å². The summed E-state index contributed by atoms with van der Waals surface area (Å²) in [5, 5.41) is 12.8. The number of carbonyl (C=O) groups is 1. The molecule has 1 unspecified atom stereocenters. The van der Waals surface area contributed by atoms with E-state index < -0.39 is 6.04 Å². The number of aryl methyl sites for hydroxylation is 1. The Balaban J connectivity index is 1.75. The molecule has 28 heavy (non-hydrogen) atoms. The fourth-order valence-corrected chi connectivity index (χ4v) is 3.88. The smallest absolute Gasteiger partial charge is 0.250 e. The molecule has 0 saturated heterocycles.